The molecule has 0 aliphatic carbocycles. The van der Waals surface area contributed by atoms with Crippen molar-refractivity contribution in [3.63, 3.8) is 0 Å². The Bertz CT molecular complexity index is 965. The van der Waals surface area contributed by atoms with Crippen LogP contribution >= 0.6 is 0 Å². The summed E-state index contributed by atoms with van der Waals surface area (Å²) in [7, 11) is 0. The number of amides is 2. The van der Waals surface area contributed by atoms with E-state index in [9.17, 15) is 4.79 Å². The molecule has 2 amide bonds. The molecule has 0 bridgehead atoms. The van der Waals surface area contributed by atoms with Crippen molar-refractivity contribution in [1.82, 2.24) is 19.5 Å². The monoisotopic (exact) mass is 347 g/mol. The molecular formula is C20H21N5O. The Balaban J connectivity index is 1.39. The molecule has 2 aliphatic rings. The van der Waals surface area contributed by atoms with E-state index in [0.717, 1.165) is 49.5 Å². The van der Waals surface area contributed by atoms with E-state index in [0.29, 0.717) is 6.54 Å². The van der Waals surface area contributed by atoms with Crippen molar-refractivity contribution in [2.45, 2.75) is 25.2 Å². The van der Waals surface area contributed by atoms with Crippen LogP contribution in [0.3, 0.4) is 0 Å². The van der Waals surface area contributed by atoms with Gasteiger partial charge in [0.1, 0.15) is 5.82 Å². The summed E-state index contributed by atoms with van der Waals surface area (Å²) in [6, 6.07) is 14.3. The molecule has 4 heterocycles. The van der Waals surface area contributed by atoms with Crippen molar-refractivity contribution >= 4 is 17.4 Å². The number of para-hydroxylation sites is 1. The van der Waals surface area contributed by atoms with Crippen LogP contribution in [0, 0.1) is 0 Å². The molecule has 2 aliphatic heterocycles. The number of carbonyl (C=O) groups excluding carboxylic acids is 1. The molecule has 0 spiro atoms. The number of nitrogens with zero attached hydrogens (tertiary/aromatic N) is 5. The maximum atomic E-state index is 13.2. The molecule has 3 aromatic rings. The highest BCUT2D eigenvalue weighted by molar-refractivity contribution is 5.94. The van der Waals surface area contributed by atoms with Crippen molar-refractivity contribution in [1.29, 1.82) is 0 Å². The Morgan fingerprint density at radius 1 is 1.04 bits per heavy atom. The van der Waals surface area contributed by atoms with Crippen molar-refractivity contribution in [3.05, 3.63) is 60.0 Å². The van der Waals surface area contributed by atoms with Gasteiger partial charge in [-0.05, 0) is 43.0 Å². The predicted molar refractivity (Wildman–Crippen MR) is 99.4 cm³/mol. The topological polar surface area (TPSA) is 53.7 Å². The Labute approximate surface area is 152 Å². The highest BCUT2D eigenvalue weighted by Gasteiger charge is 2.33. The predicted octanol–water partition coefficient (Wildman–Crippen LogP) is 3.09. The minimum atomic E-state index is 0.119. The lowest BCUT2D eigenvalue weighted by atomic mass is 9.97. The fourth-order valence-corrected chi connectivity index (χ4v) is 4.21. The summed E-state index contributed by atoms with van der Waals surface area (Å²) in [5.41, 5.74) is 3.19. The van der Waals surface area contributed by atoms with Crippen molar-refractivity contribution in [2.24, 2.45) is 0 Å². The number of likely N-dealkylation sites (tertiary alicyclic amines) is 1. The van der Waals surface area contributed by atoms with Crippen molar-refractivity contribution in [2.75, 3.05) is 24.5 Å². The van der Waals surface area contributed by atoms with Crippen LogP contribution in [0.15, 0.2) is 48.7 Å². The molecule has 0 saturated carbocycles. The second kappa shape index (κ2) is 6.12. The minimum Gasteiger partial charge on any atom is -0.324 e. The summed E-state index contributed by atoms with van der Waals surface area (Å²) >= 11 is 0. The van der Waals surface area contributed by atoms with Crippen LogP contribution in [0.25, 0.3) is 5.65 Å². The van der Waals surface area contributed by atoms with Crippen molar-refractivity contribution in [3.8, 4) is 0 Å². The lowest BCUT2D eigenvalue weighted by Gasteiger charge is -2.34. The number of piperidine rings is 1. The number of pyridine rings is 1. The van der Waals surface area contributed by atoms with Gasteiger partial charge < -0.3 is 4.90 Å². The summed E-state index contributed by atoms with van der Waals surface area (Å²) in [5, 5.41) is 8.68. The summed E-state index contributed by atoms with van der Waals surface area (Å²) in [6.07, 6.45) is 4.97. The Kier molecular flexibility index (Phi) is 3.62. The SMILES string of the molecule is O=C(N1CCCC(c2nnc3ccccn23)C1)N1CCc2ccccc21. The Morgan fingerprint density at radius 2 is 1.92 bits per heavy atom. The third kappa shape index (κ3) is 2.44. The van der Waals surface area contributed by atoms with Crippen LogP contribution in [-0.2, 0) is 6.42 Å². The first-order valence-corrected chi connectivity index (χ1v) is 9.25. The van der Waals surface area contributed by atoms with Crippen LogP contribution < -0.4 is 4.90 Å². The summed E-state index contributed by atoms with van der Waals surface area (Å²) < 4.78 is 2.05. The van der Waals surface area contributed by atoms with Crippen LogP contribution in [0.1, 0.15) is 30.1 Å². The van der Waals surface area contributed by atoms with Gasteiger partial charge >= 0.3 is 6.03 Å². The van der Waals surface area contributed by atoms with E-state index in [2.05, 4.69) is 16.3 Å². The standard InChI is InChI=1S/C20H21N5O/c26-20(24-13-10-15-6-1-2-8-17(15)24)23-11-5-7-16(14-23)19-22-21-18-9-3-4-12-25(18)19/h1-4,6,8-9,12,16H,5,7,10-11,13-14H2. The molecule has 2 aromatic heterocycles. The number of hydrogen-bond donors (Lipinski definition) is 0. The first-order chi connectivity index (χ1) is 12.8. The minimum absolute atomic E-state index is 0.119. The van der Waals surface area contributed by atoms with Crippen molar-refractivity contribution < 1.29 is 4.79 Å². The van der Waals surface area contributed by atoms with Gasteiger partial charge in [0.15, 0.2) is 5.65 Å². The lowest BCUT2D eigenvalue weighted by Crippen LogP contribution is -2.47. The van der Waals surface area contributed by atoms with E-state index >= 15 is 0 Å². The largest absolute Gasteiger partial charge is 0.324 e. The quantitative estimate of drug-likeness (QED) is 0.680. The van der Waals surface area contributed by atoms with Gasteiger partial charge in [-0.1, -0.05) is 24.3 Å². The highest BCUT2D eigenvalue weighted by atomic mass is 16.2. The average Bonchev–Trinajstić information content (AvgIpc) is 3.32. The van der Waals surface area contributed by atoms with Crippen LogP contribution in [0.2, 0.25) is 0 Å². The highest BCUT2D eigenvalue weighted by Crippen LogP contribution is 2.31. The van der Waals surface area contributed by atoms with Gasteiger partial charge in [0.2, 0.25) is 0 Å². The van der Waals surface area contributed by atoms with E-state index in [-0.39, 0.29) is 11.9 Å². The number of carbonyl (C=O) groups is 1. The van der Waals surface area contributed by atoms with E-state index in [1.807, 2.05) is 56.8 Å². The molecule has 1 atom stereocenters. The molecule has 1 fully saturated rings. The molecule has 6 heteroatoms. The Morgan fingerprint density at radius 3 is 2.88 bits per heavy atom. The van der Waals surface area contributed by atoms with E-state index in [1.54, 1.807) is 0 Å². The summed E-state index contributed by atoms with van der Waals surface area (Å²) in [5.74, 6) is 1.18. The van der Waals surface area contributed by atoms with Gasteiger partial charge in [-0.15, -0.1) is 10.2 Å². The number of fused-ring (bicyclic) bond motifs is 2. The fourth-order valence-electron chi connectivity index (χ4n) is 4.21. The average molecular weight is 347 g/mol. The van der Waals surface area contributed by atoms with Gasteiger partial charge in [0, 0.05) is 37.4 Å². The first-order valence-electron chi connectivity index (χ1n) is 9.25. The molecule has 1 unspecified atom stereocenters. The lowest BCUT2D eigenvalue weighted by molar-refractivity contribution is 0.185. The molecular weight excluding hydrogens is 326 g/mol. The van der Waals surface area contributed by atoms with Gasteiger partial charge in [-0.3, -0.25) is 9.30 Å². The molecule has 0 N–H and O–H groups in total. The molecule has 6 nitrogen and oxygen atoms in total. The number of benzene rings is 1. The maximum absolute atomic E-state index is 13.2. The molecule has 1 saturated heterocycles. The van der Waals surface area contributed by atoms with Crippen LogP contribution in [-0.4, -0.2) is 45.2 Å². The summed E-state index contributed by atoms with van der Waals surface area (Å²) in [4.78, 5) is 17.1. The van der Waals surface area contributed by atoms with Crippen LogP contribution in [0.5, 0.6) is 0 Å². The number of anilines is 1. The third-order valence-corrected chi connectivity index (χ3v) is 5.52. The number of aromatic nitrogens is 3. The zero-order valence-corrected chi connectivity index (χ0v) is 14.6. The molecule has 5 rings (SSSR count). The second-order valence-electron chi connectivity index (χ2n) is 7.09. The normalized spacial score (nSPS) is 19.8. The van der Waals surface area contributed by atoms with Gasteiger partial charge in [0.05, 0.1) is 0 Å². The molecule has 1 aromatic carbocycles. The first kappa shape index (κ1) is 15.4. The summed E-state index contributed by atoms with van der Waals surface area (Å²) in [6.45, 7) is 2.28. The Hall–Kier alpha value is -2.89. The fraction of sp³-hybridized carbons (Fsp3) is 0.350. The van der Waals surface area contributed by atoms with E-state index in [4.69, 9.17) is 0 Å². The van der Waals surface area contributed by atoms with E-state index < -0.39 is 0 Å². The third-order valence-electron chi connectivity index (χ3n) is 5.52. The van der Waals surface area contributed by atoms with E-state index in [1.165, 1.54) is 5.56 Å². The molecule has 132 valence electrons. The number of rotatable bonds is 1. The van der Waals surface area contributed by atoms with Gasteiger partial charge in [-0.2, -0.15) is 0 Å². The number of hydrogen-bond acceptors (Lipinski definition) is 3. The zero-order chi connectivity index (χ0) is 17.5. The zero-order valence-electron chi connectivity index (χ0n) is 14.6. The molecule has 26 heavy (non-hydrogen) atoms. The molecule has 0 radical (unpaired) electrons. The van der Waals surface area contributed by atoms with Crippen LogP contribution in [0.4, 0.5) is 10.5 Å². The van der Waals surface area contributed by atoms with Gasteiger partial charge in [0.25, 0.3) is 0 Å². The smallest absolute Gasteiger partial charge is 0.324 e. The van der Waals surface area contributed by atoms with Gasteiger partial charge in [-0.25, -0.2) is 4.79 Å². The number of urea groups is 1. The maximum Gasteiger partial charge on any atom is 0.324 e. The second-order valence-corrected chi connectivity index (χ2v) is 7.09.